The molecule has 0 amide bonds. The van der Waals surface area contributed by atoms with E-state index in [0.29, 0.717) is 0 Å². The Labute approximate surface area is 121 Å². The molecule has 0 radical (unpaired) electrons. The summed E-state index contributed by atoms with van der Waals surface area (Å²) in [7, 11) is 5.87. The van der Waals surface area contributed by atoms with Gasteiger partial charge in [0.25, 0.3) is 0 Å². The average molecular weight is 275 g/mol. The molecule has 4 heteroatoms. The summed E-state index contributed by atoms with van der Waals surface area (Å²) >= 11 is 0. The fourth-order valence-corrected chi connectivity index (χ4v) is 2.76. The van der Waals surface area contributed by atoms with Crippen LogP contribution in [0.3, 0.4) is 0 Å². The number of rotatable bonds is 7. The van der Waals surface area contributed by atoms with Crippen molar-refractivity contribution in [2.75, 3.05) is 14.2 Å². The second-order valence-corrected chi connectivity index (χ2v) is 5.24. The molecule has 4 nitrogen and oxygen atoms in total. The van der Waals surface area contributed by atoms with Crippen LogP contribution in [0, 0.1) is 0 Å². The third-order valence-electron chi connectivity index (χ3n) is 3.98. The molecular weight excluding hydrogens is 250 g/mol. The van der Waals surface area contributed by atoms with Gasteiger partial charge in [0.05, 0.1) is 17.1 Å². The van der Waals surface area contributed by atoms with E-state index in [4.69, 9.17) is 9.72 Å². The van der Waals surface area contributed by atoms with Crippen molar-refractivity contribution in [2.45, 2.75) is 38.3 Å². The maximum atomic E-state index is 5.63. The third-order valence-corrected chi connectivity index (χ3v) is 3.98. The molecule has 2 rings (SSSR count). The van der Waals surface area contributed by atoms with Gasteiger partial charge in [0.2, 0.25) is 0 Å². The van der Waals surface area contributed by atoms with Crippen LogP contribution in [0.1, 0.15) is 25.6 Å². The molecule has 0 aliphatic heterocycles. The predicted octanol–water partition coefficient (Wildman–Crippen LogP) is 2.52. The fraction of sp³-hybridized carbons (Fsp3) is 0.562. The van der Waals surface area contributed by atoms with Crippen LogP contribution >= 0.6 is 0 Å². The molecule has 0 spiro atoms. The summed E-state index contributed by atoms with van der Waals surface area (Å²) in [5, 5.41) is 3.38. The average Bonchev–Trinajstić information content (AvgIpc) is 2.79. The van der Waals surface area contributed by atoms with Gasteiger partial charge in [-0.15, -0.1) is 0 Å². The highest BCUT2D eigenvalue weighted by atomic mass is 16.5. The summed E-state index contributed by atoms with van der Waals surface area (Å²) in [6, 6.07) is 8.55. The smallest absolute Gasteiger partial charge is 0.111 e. The number of fused-ring (bicyclic) bond motifs is 1. The van der Waals surface area contributed by atoms with Gasteiger partial charge in [-0.3, -0.25) is 0 Å². The lowest BCUT2D eigenvalue weighted by Crippen LogP contribution is -2.41. The maximum absolute atomic E-state index is 5.63. The quantitative estimate of drug-likeness (QED) is 0.844. The van der Waals surface area contributed by atoms with E-state index in [1.807, 2.05) is 13.1 Å². The molecule has 110 valence electrons. The largest absolute Gasteiger partial charge is 0.380 e. The molecule has 2 aromatic rings. The van der Waals surface area contributed by atoms with Crippen molar-refractivity contribution in [2.24, 2.45) is 7.05 Å². The molecule has 0 aliphatic carbocycles. The summed E-state index contributed by atoms with van der Waals surface area (Å²) in [5.41, 5.74) is 2.24. The molecule has 0 saturated carbocycles. The molecular formula is C16H25N3O. The summed E-state index contributed by atoms with van der Waals surface area (Å²) in [6.45, 7) is 2.19. The van der Waals surface area contributed by atoms with E-state index < -0.39 is 0 Å². The molecule has 2 atom stereocenters. The van der Waals surface area contributed by atoms with Crippen molar-refractivity contribution in [3.8, 4) is 0 Å². The zero-order valence-electron chi connectivity index (χ0n) is 12.9. The first-order valence-corrected chi connectivity index (χ1v) is 7.31. The first-order valence-electron chi connectivity index (χ1n) is 7.31. The van der Waals surface area contributed by atoms with Crippen molar-refractivity contribution in [3.05, 3.63) is 30.1 Å². The maximum Gasteiger partial charge on any atom is 0.111 e. The van der Waals surface area contributed by atoms with Crippen LogP contribution in [0.4, 0.5) is 0 Å². The Balaban J connectivity index is 2.22. The van der Waals surface area contributed by atoms with Crippen LogP contribution in [-0.4, -0.2) is 35.9 Å². The first kappa shape index (κ1) is 15.0. The van der Waals surface area contributed by atoms with Gasteiger partial charge >= 0.3 is 0 Å². The molecule has 1 N–H and O–H groups in total. The monoisotopic (exact) mass is 275 g/mol. The minimum Gasteiger partial charge on any atom is -0.380 e. The van der Waals surface area contributed by atoms with E-state index in [1.54, 1.807) is 7.11 Å². The van der Waals surface area contributed by atoms with Gasteiger partial charge in [0.1, 0.15) is 5.82 Å². The van der Waals surface area contributed by atoms with Gasteiger partial charge in [-0.25, -0.2) is 4.98 Å². The highest BCUT2D eigenvalue weighted by molar-refractivity contribution is 5.75. The number of ether oxygens (including phenoxy) is 1. The Hall–Kier alpha value is -1.39. The van der Waals surface area contributed by atoms with Crippen molar-refractivity contribution in [1.82, 2.24) is 14.9 Å². The number of nitrogens with one attached hydrogen (secondary N) is 1. The topological polar surface area (TPSA) is 39.1 Å². The number of hydrogen-bond acceptors (Lipinski definition) is 3. The van der Waals surface area contributed by atoms with Crippen LogP contribution in [0.15, 0.2) is 24.3 Å². The SMILES string of the molecule is CCCC(OC)C(Cc1nc2ccccc2n1C)NC. The van der Waals surface area contributed by atoms with E-state index in [9.17, 15) is 0 Å². The van der Waals surface area contributed by atoms with Gasteiger partial charge in [-0.1, -0.05) is 25.5 Å². The normalized spacial score (nSPS) is 14.6. The molecule has 1 heterocycles. The van der Waals surface area contributed by atoms with Crippen LogP contribution < -0.4 is 5.32 Å². The van der Waals surface area contributed by atoms with E-state index in [0.717, 1.165) is 30.6 Å². The van der Waals surface area contributed by atoms with Crippen molar-refractivity contribution >= 4 is 11.0 Å². The third kappa shape index (κ3) is 3.02. The van der Waals surface area contributed by atoms with Crippen LogP contribution in [-0.2, 0) is 18.2 Å². The van der Waals surface area contributed by atoms with Crippen LogP contribution in [0.5, 0.6) is 0 Å². The highest BCUT2D eigenvalue weighted by Crippen LogP contribution is 2.17. The van der Waals surface area contributed by atoms with Gasteiger partial charge in [0, 0.05) is 26.6 Å². The standard InChI is InChI=1S/C16H25N3O/c1-5-8-15(20-4)13(17-2)11-16-18-12-9-6-7-10-14(12)19(16)3/h6-7,9-10,13,15,17H,5,8,11H2,1-4H3. The summed E-state index contributed by atoms with van der Waals surface area (Å²) in [4.78, 5) is 4.74. The fourth-order valence-electron chi connectivity index (χ4n) is 2.76. The van der Waals surface area contributed by atoms with E-state index in [2.05, 4.69) is 42.1 Å². The van der Waals surface area contributed by atoms with E-state index >= 15 is 0 Å². The number of nitrogens with zero attached hydrogens (tertiary/aromatic N) is 2. The number of imidazole rings is 1. The molecule has 0 saturated heterocycles. The van der Waals surface area contributed by atoms with E-state index in [1.165, 1.54) is 5.52 Å². The lowest BCUT2D eigenvalue weighted by molar-refractivity contribution is 0.0625. The Kier molecular flexibility index (Phi) is 5.15. The van der Waals surface area contributed by atoms with Crippen LogP contribution in [0.25, 0.3) is 11.0 Å². The first-order chi connectivity index (χ1) is 9.71. The Morgan fingerprint density at radius 1 is 1.35 bits per heavy atom. The molecule has 1 aromatic heterocycles. The number of methoxy groups -OCH3 is 1. The van der Waals surface area contributed by atoms with Gasteiger partial charge in [-0.05, 0) is 25.6 Å². The zero-order valence-corrected chi connectivity index (χ0v) is 12.9. The Bertz CT molecular complexity index is 550. The number of aryl methyl sites for hydroxylation is 1. The summed E-state index contributed by atoms with van der Waals surface area (Å²) < 4.78 is 7.81. The molecule has 0 bridgehead atoms. The molecule has 1 aromatic carbocycles. The second kappa shape index (κ2) is 6.86. The Morgan fingerprint density at radius 2 is 2.10 bits per heavy atom. The number of aromatic nitrogens is 2. The van der Waals surface area contributed by atoms with E-state index in [-0.39, 0.29) is 12.1 Å². The lowest BCUT2D eigenvalue weighted by Gasteiger charge is -2.25. The minimum absolute atomic E-state index is 0.227. The zero-order chi connectivity index (χ0) is 14.5. The molecule has 20 heavy (non-hydrogen) atoms. The molecule has 0 aliphatic rings. The van der Waals surface area contributed by atoms with Crippen LogP contribution in [0.2, 0.25) is 0 Å². The minimum atomic E-state index is 0.227. The number of benzene rings is 1. The molecule has 2 unspecified atom stereocenters. The Morgan fingerprint density at radius 3 is 2.70 bits per heavy atom. The lowest BCUT2D eigenvalue weighted by atomic mass is 10.0. The highest BCUT2D eigenvalue weighted by Gasteiger charge is 2.21. The van der Waals surface area contributed by atoms with Crippen molar-refractivity contribution in [1.29, 1.82) is 0 Å². The number of para-hydroxylation sites is 2. The summed E-state index contributed by atoms with van der Waals surface area (Å²) in [5.74, 6) is 1.10. The summed E-state index contributed by atoms with van der Waals surface area (Å²) in [6.07, 6.45) is 3.29. The van der Waals surface area contributed by atoms with Gasteiger partial charge in [0.15, 0.2) is 0 Å². The predicted molar refractivity (Wildman–Crippen MR) is 83.0 cm³/mol. The number of likely N-dealkylation sites (N-methyl/N-ethyl adjacent to an activating group) is 1. The molecule has 0 fully saturated rings. The number of hydrogen-bond donors (Lipinski definition) is 1. The van der Waals surface area contributed by atoms with Crippen molar-refractivity contribution < 1.29 is 4.74 Å². The van der Waals surface area contributed by atoms with Gasteiger partial charge < -0.3 is 14.6 Å². The van der Waals surface area contributed by atoms with Crippen molar-refractivity contribution in [3.63, 3.8) is 0 Å². The van der Waals surface area contributed by atoms with Gasteiger partial charge in [-0.2, -0.15) is 0 Å². The second-order valence-electron chi connectivity index (χ2n) is 5.24.